The molecule has 1 aliphatic heterocycles. The number of nitrogens with zero attached hydrogens (tertiary/aromatic N) is 4. The number of aromatic nitrogens is 2. The lowest BCUT2D eigenvalue weighted by Crippen LogP contribution is -2.40. The summed E-state index contributed by atoms with van der Waals surface area (Å²) in [4.78, 5) is 15.9. The predicted octanol–water partition coefficient (Wildman–Crippen LogP) is 4.72. The van der Waals surface area contributed by atoms with Gasteiger partial charge in [-0.05, 0) is 33.3 Å². The fraction of sp³-hybridized carbons (Fsp3) is 0.520. The van der Waals surface area contributed by atoms with Gasteiger partial charge in [0.1, 0.15) is 16.5 Å². The molecule has 1 aromatic carbocycles. The Balaban J connectivity index is 1.63. The van der Waals surface area contributed by atoms with E-state index < -0.39 is 0 Å². The number of thiophene rings is 1. The number of hydrogen-bond donors (Lipinski definition) is 1. The van der Waals surface area contributed by atoms with Crippen LogP contribution in [0.2, 0.25) is 0 Å². The Morgan fingerprint density at radius 3 is 2.47 bits per heavy atom. The minimum absolute atomic E-state index is 0.514. The zero-order valence-electron chi connectivity index (χ0n) is 19.7. The highest BCUT2D eigenvalue weighted by Gasteiger charge is 2.19. The van der Waals surface area contributed by atoms with Crippen molar-refractivity contribution in [3.8, 4) is 11.1 Å². The highest BCUT2D eigenvalue weighted by atomic mass is 32.1. The molecule has 1 N–H and O–H groups in total. The molecule has 0 unspecified atom stereocenters. The van der Waals surface area contributed by atoms with E-state index in [9.17, 15) is 0 Å². The van der Waals surface area contributed by atoms with Crippen molar-refractivity contribution in [2.45, 2.75) is 46.3 Å². The number of nitrogens with one attached hydrogen (secondary N) is 1. The molecule has 0 radical (unpaired) electrons. The average Bonchev–Trinajstić information content (AvgIpc) is 3.21. The molecule has 2 aromatic heterocycles. The third-order valence-corrected chi connectivity index (χ3v) is 6.89. The second-order valence-electron chi connectivity index (χ2n) is 8.92. The van der Waals surface area contributed by atoms with E-state index in [0.717, 1.165) is 67.8 Å². The van der Waals surface area contributed by atoms with Gasteiger partial charge in [-0.25, -0.2) is 9.97 Å². The molecule has 172 valence electrons. The standard InChI is InChI=1S/C25H35N5OS/c1-18(2)30(19(3)4)11-10-26-24-23-21(20-8-6-5-7-9-20)17-32-25(23)28-22(27-24)16-29-12-14-31-15-13-29/h5-9,17-19H,10-16H2,1-4H3,(H,26,27,28). The van der Waals surface area contributed by atoms with Crippen LogP contribution in [-0.4, -0.2) is 71.2 Å². The summed E-state index contributed by atoms with van der Waals surface area (Å²) in [6, 6.07) is 11.6. The van der Waals surface area contributed by atoms with Crippen molar-refractivity contribution in [1.82, 2.24) is 19.8 Å². The number of fused-ring (bicyclic) bond motifs is 1. The predicted molar refractivity (Wildman–Crippen MR) is 134 cm³/mol. The molecule has 3 aromatic rings. The van der Waals surface area contributed by atoms with Gasteiger partial charge >= 0.3 is 0 Å². The summed E-state index contributed by atoms with van der Waals surface area (Å²) in [7, 11) is 0. The molecule has 1 fully saturated rings. The van der Waals surface area contributed by atoms with Gasteiger partial charge in [0, 0.05) is 49.2 Å². The topological polar surface area (TPSA) is 53.5 Å². The van der Waals surface area contributed by atoms with Gasteiger partial charge in [0.2, 0.25) is 0 Å². The van der Waals surface area contributed by atoms with Crippen molar-refractivity contribution in [2.24, 2.45) is 0 Å². The van der Waals surface area contributed by atoms with Crippen LogP contribution in [0.4, 0.5) is 5.82 Å². The van der Waals surface area contributed by atoms with Crippen molar-refractivity contribution >= 4 is 27.4 Å². The molecule has 0 aliphatic carbocycles. The Bertz CT molecular complexity index is 990. The van der Waals surface area contributed by atoms with Crippen LogP contribution < -0.4 is 5.32 Å². The van der Waals surface area contributed by atoms with Gasteiger partial charge in [0.15, 0.2) is 0 Å². The van der Waals surface area contributed by atoms with Gasteiger partial charge in [0.25, 0.3) is 0 Å². The number of hydrogen-bond acceptors (Lipinski definition) is 7. The zero-order chi connectivity index (χ0) is 22.5. The summed E-state index contributed by atoms with van der Waals surface area (Å²) in [6.45, 7) is 15.1. The Labute approximate surface area is 195 Å². The molecule has 0 spiro atoms. The summed E-state index contributed by atoms with van der Waals surface area (Å²) in [5.74, 6) is 1.83. The molecule has 4 rings (SSSR count). The van der Waals surface area contributed by atoms with Crippen LogP contribution in [0.1, 0.15) is 33.5 Å². The first-order valence-corrected chi connectivity index (χ1v) is 12.5. The minimum atomic E-state index is 0.514. The number of benzene rings is 1. The fourth-order valence-corrected chi connectivity index (χ4v) is 5.36. The van der Waals surface area contributed by atoms with Crippen molar-refractivity contribution in [2.75, 3.05) is 44.7 Å². The van der Waals surface area contributed by atoms with Crippen molar-refractivity contribution in [3.63, 3.8) is 0 Å². The third kappa shape index (κ3) is 5.46. The van der Waals surface area contributed by atoms with Crippen LogP contribution in [-0.2, 0) is 11.3 Å². The van der Waals surface area contributed by atoms with Crippen LogP contribution in [0.5, 0.6) is 0 Å². The number of anilines is 1. The molecular weight excluding hydrogens is 418 g/mol. The molecule has 7 heteroatoms. The second kappa shape index (κ2) is 10.7. The van der Waals surface area contributed by atoms with E-state index in [1.165, 1.54) is 11.1 Å². The summed E-state index contributed by atoms with van der Waals surface area (Å²) in [5.41, 5.74) is 2.41. The molecule has 1 aliphatic rings. The molecule has 3 heterocycles. The highest BCUT2D eigenvalue weighted by Crippen LogP contribution is 2.37. The lowest BCUT2D eigenvalue weighted by molar-refractivity contribution is 0.0331. The number of ether oxygens (including phenoxy) is 1. The first-order valence-electron chi connectivity index (χ1n) is 11.7. The molecule has 0 amide bonds. The van der Waals surface area contributed by atoms with E-state index in [4.69, 9.17) is 14.7 Å². The number of rotatable bonds is 9. The fourth-order valence-electron chi connectivity index (χ4n) is 4.39. The second-order valence-corrected chi connectivity index (χ2v) is 9.78. The summed E-state index contributed by atoms with van der Waals surface area (Å²) >= 11 is 1.70. The SMILES string of the molecule is CC(C)N(CCNc1nc(CN2CCOCC2)nc2scc(-c3ccccc3)c12)C(C)C. The Hall–Kier alpha value is -2.06. The van der Waals surface area contributed by atoms with E-state index in [-0.39, 0.29) is 0 Å². The third-order valence-electron chi connectivity index (χ3n) is 6.02. The smallest absolute Gasteiger partial charge is 0.146 e. The molecule has 1 saturated heterocycles. The summed E-state index contributed by atoms with van der Waals surface area (Å²) in [5, 5.41) is 7.02. The number of morpholine rings is 1. The van der Waals surface area contributed by atoms with Crippen LogP contribution in [0.3, 0.4) is 0 Å². The Morgan fingerprint density at radius 2 is 1.78 bits per heavy atom. The quantitative estimate of drug-likeness (QED) is 0.506. The van der Waals surface area contributed by atoms with Crippen molar-refractivity contribution in [1.29, 1.82) is 0 Å². The van der Waals surface area contributed by atoms with E-state index in [0.29, 0.717) is 12.1 Å². The van der Waals surface area contributed by atoms with Crippen molar-refractivity contribution in [3.05, 3.63) is 41.5 Å². The van der Waals surface area contributed by atoms with Gasteiger partial charge in [-0.1, -0.05) is 30.3 Å². The Kier molecular flexibility index (Phi) is 7.73. The Morgan fingerprint density at radius 1 is 1.06 bits per heavy atom. The van der Waals surface area contributed by atoms with Crippen LogP contribution in [0, 0.1) is 0 Å². The molecule has 32 heavy (non-hydrogen) atoms. The maximum Gasteiger partial charge on any atom is 0.146 e. The van der Waals surface area contributed by atoms with Gasteiger partial charge in [0.05, 0.1) is 25.1 Å². The molecule has 6 nitrogen and oxygen atoms in total. The highest BCUT2D eigenvalue weighted by molar-refractivity contribution is 7.17. The zero-order valence-corrected chi connectivity index (χ0v) is 20.5. The molecular formula is C25H35N5OS. The summed E-state index contributed by atoms with van der Waals surface area (Å²) in [6.07, 6.45) is 0. The lowest BCUT2D eigenvalue weighted by atomic mass is 10.1. The largest absolute Gasteiger partial charge is 0.379 e. The first kappa shape index (κ1) is 23.1. The summed E-state index contributed by atoms with van der Waals surface area (Å²) < 4.78 is 5.50. The van der Waals surface area contributed by atoms with Crippen LogP contribution in [0.25, 0.3) is 21.3 Å². The van der Waals surface area contributed by atoms with E-state index in [2.05, 4.69) is 78.5 Å². The van der Waals surface area contributed by atoms with Gasteiger partial charge in [-0.3, -0.25) is 9.80 Å². The molecule has 0 atom stereocenters. The average molecular weight is 454 g/mol. The van der Waals surface area contributed by atoms with E-state index in [1.807, 2.05) is 0 Å². The van der Waals surface area contributed by atoms with E-state index in [1.54, 1.807) is 11.3 Å². The first-order chi connectivity index (χ1) is 15.5. The lowest BCUT2D eigenvalue weighted by Gasteiger charge is -2.30. The molecule has 0 saturated carbocycles. The van der Waals surface area contributed by atoms with Gasteiger partial charge in [-0.2, -0.15) is 0 Å². The minimum Gasteiger partial charge on any atom is -0.379 e. The normalized spacial score (nSPS) is 15.3. The van der Waals surface area contributed by atoms with Crippen LogP contribution >= 0.6 is 11.3 Å². The van der Waals surface area contributed by atoms with E-state index >= 15 is 0 Å². The maximum absolute atomic E-state index is 5.50. The van der Waals surface area contributed by atoms with Gasteiger partial charge < -0.3 is 10.1 Å². The maximum atomic E-state index is 5.50. The monoisotopic (exact) mass is 453 g/mol. The molecule has 0 bridgehead atoms. The van der Waals surface area contributed by atoms with Gasteiger partial charge in [-0.15, -0.1) is 11.3 Å². The van der Waals surface area contributed by atoms with Crippen molar-refractivity contribution < 1.29 is 4.74 Å². The van der Waals surface area contributed by atoms with Crippen LogP contribution in [0.15, 0.2) is 35.7 Å².